The van der Waals surface area contributed by atoms with E-state index >= 15 is 0 Å². The van der Waals surface area contributed by atoms with Crippen molar-refractivity contribution in [2.45, 2.75) is 304 Å². The van der Waals surface area contributed by atoms with E-state index in [-0.39, 0.29) is 72.1 Å². The molecule has 88 heavy (non-hydrogen) atoms. The zero-order valence-electron chi connectivity index (χ0n) is 52.6. The van der Waals surface area contributed by atoms with Crippen molar-refractivity contribution in [3.63, 3.8) is 0 Å². The molecule has 9 heterocycles. The molecule has 12 aliphatic rings. The molecule has 3 aliphatic carbocycles. The van der Waals surface area contributed by atoms with Gasteiger partial charge in [-0.2, -0.15) is 0 Å². The smallest absolute Gasteiger partial charge is 0.302 e. The molecule has 0 unspecified atom stereocenters. The van der Waals surface area contributed by atoms with Gasteiger partial charge in [0.25, 0.3) is 0 Å². The van der Waals surface area contributed by atoms with Crippen molar-refractivity contribution in [3.05, 3.63) is 11.6 Å². The Hall–Kier alpha value is -1.75. The van der Waals surface area contributed by atoms with E-state index in [1.165, 1.54) is 19.6 Å². The predicted octanol–water partition coefficient (Wildman–Crippen LogP) is 2.12. The number of methoxy groups -OCH3 is 3. The van der Waals surface area contributed by atoms with Gasteiger partial charge in [0, 0.05) is 77.1 Å². The number of carbonyl (C=O) groups is 1. The summed E-state index contributed by atoms with van der Waals surface area (Å²) in [6.45, 7) is 15.2. The van der Waals surface area contributed by atoms with E-state index in [0.717, 1.165) is 32.1 Å². The van der Waals surface area contributed by atoms with Crippen molar-refractivity contribution < 1.29 is 125 Å². The molecule has 0 aromatic rings. The quantitative estimate of drug-likeness (QED) is 0.0846. The van der Waals surface area contributed by atoms with Crippen LogP contribution in [-0.4, -0.2) is 255 Å². The number of hydrogen-bond donors (Lipinski definition) is 6. The summed E-state index contributed by atoms with van der Waals surface area (Å²) in [5.74, 6) is -1.21. The fraction of sp³-hybridized carbons (Fsp3) is 0.952. The van der Waals surface area contributed by atoms with Crippen LogP contribution in [0.5, 0.6) is 0 Å². The highest BCUT2D eigenvalue weighted by Gasteiger charge is 2.83. The second kappa shape index (κ2) is 26.1. The Morgan fingerprint density at radius 1 is 0.602 bits per heavy atom. The van der Waals surface area contributed by atoms with Crippen LogP contribution in [0.25, 0.3) is 0 Å². The average Bonchev–Trinajstić information content (AvgIpc) is 1.47. The van der Waals surface area contributed by atoms with Crippen LogP contribution in [0, 0.1) is 28.6 Å². The summed E-state index contributed by atoms with van der Waals surface area (Å²) in [6.07, 6.45) is -13.1. The first-order valence-electron chi connectivity index (χ1n) is 32.3. The molecule has 12 rings (SSSR count). The maximum atomic E-state index is 12.5. The third-order valence-electron chi connectivity index (χ3n) is 22.2. The number of aliphatic hydroxyl groups excluding tert-OH is 6. The topological polar surface area (TPSA) is 314 Å². The van der Waals surface area contributed by atoms with Crippen LogP contribution in [0.2, 0.25) is 0 Å². The lowest BCUT2D eigenvalue weighted by Gasteiger charge is -2.60. The van der Waals surface area contributed by atoms with Crippen LogP contribution in [0.1, 0.15) is 126 Å². The van der Waals surface area contributed by atoms with Crippen molar-refractivity contribution in [3.8, 4) is 0 Å². The molecular formula is C62H98O26. The molecule has 26 nitrogen and oxygen atoms in total. The van der Waals surface area contributed by atoms with Crippen molar-refractivity contribution in [1.29, 1.82) is 0 Å². The lowest BCUT2D eigenvalue weighted by molar-refractivity contribution is -0.359. The van der Waals surface area contributed by atoms with E-state index in [0.29, 0.717) is 32.5 Å². The predicted molar refractivity (Wildman–Crippen MR) is 299 cm³/mol. The number of ether oxygens (including phenoxy) is 19. The highest BCUT2D eigenvalue weighted by Crippen LogP contribution is 2.76. The minimum absolute atomic E-state index is 0.0117. The molecule has 0 aromatic heterocycles. The lowest BCUT2D eigenvalue weighted by Crippen LogP contribution is -2.62. The molecular weight excluding hydrogens is 1160 g/mol. The van der Waals surface area contributed by atoms with Gasteiger partial charge in [0.1, 0.15) is 61.5 Å². The number of allylic oxidation sites excluding steroid dienone is 1. The van der Waals surface area contributed by atoms with Gasteiger partial charge in [-0.25, -0.2) is 0 Å². The van der Waals surface area contributed by atoms with E-state index in [4.69, 9.17) is 90.0 Å². The summed E-state index contributed by atoms with van der Waals surface area (Å²) in [7, 11) is 4.75. The number of rotatable bonds is 18. The molecule has 0 radical (unpaired) electrons. The second-order valence-corrected chi connectivity index (χ2v) is 27.5. The van der Waals surface area contributed by atoms with Gasteiger partial charge >= 0.3 is 5.97 Å². The molecule has 6 N–H and O–H groups in total. The van der Waals surface area contributed by atoms with Crippen molar-refractivity contribution in [2.75, 3.05) is 41.2 Å². The summed E-state index contributed by atoms with van der Waals surface area (Å²) in [6, 6.07) is 0. The van der Waals surface area contributed by atoms with Crippen molar-refractivity contribution in [1.82, 2.24) is 0 Å². The maximum Gasteiger partial charge on any atom is 0.302 e. The van der Waals surface area contributed by atoms with Crippen LogP contribution < -0.4 is 0 Å². The van der Waals surface area contributed by atoms with Gasteiger partial charge in [-0.05, 0) is 86.0 Å². The van der Waals surface area contributed by atoms with E-state index in [1.54, 1.807) is 35.0 Å². The van der Waals surface area contributed by atoms with E-state index in [1.807, 2.05) is 13.8 Å². The first-order valence-corrected chi connectivity index (χ1v) is 32.3. The zero-order valence-corrected chi connectivity index (χ0v) is 52.6. The van der Waals surface area contributed by atoms with Gasteiger partial charge in [0.05, 0.1) is 92.4 Å². The van der Waals surface area contributed by atoms with Crippen LogP contribution in [-0.2, 0) is 94.8 Å². The minimum atomic E-state index is -1.62. The van der Waals surface area contributed by atoms with Gasteiger partial charge < -0.3 is 121 Å². The molecule has 502 valence electrons. The van der Waals surface area contributed by atoms with E-state index < -0.39 is 166 Å². The molecule has 2 bridgehead atoms. The third-order valence-corrected chi connectivity index (χ3v) is 22.2. The van der Waals surface area contributed by atoms with Crippen LogP contribution in [0.3, 0.4) is 0 Å². The molecule has 11 fully saturated rings. The Labute approximate surface area is 514 Å². The Kier molecular flexibility index (Phi) is 19.7. The third kappa shape index (κ3) is 11.9. The van der Waals surface area contributed by atoms with E-state index in [9.17, 15) is 35.4 Å². The molecule has 9 aliphatic heterocycles. The second-order valence-electron chi connectivity index (χ2n) is 27.5. The molecule has 0 aromatic carbocycles. The Balaban J connectivity index is 0.598. The fourth-order valence-electron chi connectivity index (χ4n) is 17.9. The van der Waals surface area contributed by atoms with Gasteiger partial charge in [-0.1, -0.05) is 18.6 Å². The minimum Gasteiger partial charge on any atom is -0.465 e. The zero-order chi connectivity index (χ0) is 62.5. The number of fused-ring (bicyclic) bond motifs is 3. The highest BCUT2D eigenvalue weighted by molar-refractivity contribution is 5.66. The van der Waals surface area contributed by atoms with Gasteiger partial charge in [-0.15, -0.1) is 0 Å². The standard InChI is InChI=1S/C62H98O26/c1-27-52(82-44-19-37(65)53(28(2)75-44)83-47-23-41(72-11)56(31(5)79-47)86-58-51(69)50(68)49(67)42(24-63)81-58)38(66)20-45(76-27)84-54-30(4)78-48(22-40(54)71-10)85-55-29(3)77-46(21-39(55)70-9)80-34-14-17-61(26-73-32(6)64)33(18-34)12-13-36-35(61)15-16-59(7)57-43-25-74-60(57,8)88-62(36,59)87-43/h12,27-31,34-58,63,65-69H,13-26H2,1-11H3/t27-,28-,29-,30-,31-,34+,35+,36-,37+,38-,39+,40+,41-,42-,43-,44+,45+,46+,47+,48+,49-,50+,51-,52-,53-,54-,55-,56-,57+,58+,59-,60+,61-,62+/m1/s1. The lowest BCUT2D eigenvalue weighted by atomic mass is 9.47. The summed E-state index contributed by atoms with van der Waals surface area (Å²) >= 11 is 0. The molecule has 26 heteroatoms. The SMILES string of the molecule is CO[C@H]1C[C@H](O[C@H]2CC[C@@]3(COC(C)=O)C(=CC[C@@H]4[C@@H]3CC[C@]3(C)[C@@H]5[C@H]6CO[C@@]5(C)O[C@@]43O6)C2)O[C@H](C)[C@H]1O[C@H]1C[C@H](OC)[C@H](O[C@H]2C[C@@H](O)[C@H](O[C@H]3C[C@H](O)[C@H](O[C@H]4C[C@@H](OC)[C@H](O[C@@H]5O[C@H](CO)[C@@H](O)[C@H](O)[C@H]5O)[C@@H](C)O4)[C@@H](C)O3)[C@@H](C)O2)[C@@H](C)O1. The summed E-state index contributed by atoms with van der Waals surface area (Å²) in [5, 5.41) is 63.8. The summed E-state index contributed by atoms with van der Waals surface area (Å²) in [5.41, 5.74) is 0.750. The Morgan fingerprint density at radius 2 is 1.10 bits per heavy atom. The molecule has 34 atom stereocenters. The highest BCUT2D eigenvalue weighted by atomic mass is 16.8. The first kappa shape index (κ1) is 66.3. The molecule has 0 amide bonds. The summed E-state index contributed by atoms with van der Waals surface area (Å²) in [4.78, 5) is 12.5. The Bertz CT molecular complexity index is 2400. The van der Waals surface area contributed by atoms with Gasteiger partial charge in [-0.3, -0.25) is 4.79 Å². The molecule has 2 saturated carbocycles. The number of carbonyl (C=O) groups excluding carboxylic acids is 1. The van der Waals surface area contributed by atoms with Crippen LogP contribution in [0.15, 0.2) is 11.6 Å². The summed E-state index contributed by atoms with van der Waals surface area (Å²) < 4.78 is 120. The number of esters is 1. The molecule has 0 spiro atoms. The number of hydrogen-bond acceptors (Lipinski definition) is 26. The monoisotopic (exact) mass is 1260 g/mol. The van der Waals surface area contributed by atoms with Crippen LogP contribution >= 0.6 is 0 Å². The van der Waals surface area contributed by atoms with Gasteiger partial charge in [0.2, 0.25) is 0 Å². The average molecular weight is 1260 g/mol. The Morgan fingerprint density at radius 3 is 1.60 bits per heavy atom. The normalized spacial score (nSPS) is 54.3. The van der Waals surface area contributed by atoms with Crippen molar-refractivity contribution >= 4 is 5.97 Å². The maximum absolute atomic E-state index is 12.5. The molecule has 9 saturated heterocycles. The largest absolute Gasteiger partial charge is 0.465 e. The van der Waals surface area contributed by atoms with Gasteiger partial charge in [0.15, 0.2) is 49.3 Å². The fourth-order valence-corrected chi connectivity index (χ4v) is 17.9. The van der Waals surface area contributed by atoms with Crippen molar-refractivity contribution in [2.24, 2.45) is 28.6 Å². The first-order chi connectivity index (χ1) is 41.9. The van der Waals surface area contributed by atoms with Crippen LogP contribution in [0.4, 0.5) is 0 Å². The number of aliphatic hydroxyl groups is 6. The van der Waals surface area contributed by atoms with E-state index in [2.05, 4.69) is 19.9 Å².